The van der Waals surface area contributed by atoms with Crippen molar-refractivity contribution >= 4 is 6.21 Å². The Balaban J connectivity index is 4.67. The highest BCUT2D eigenvalue weighted by Crippen LogP contribution is 2.24. The number of rotatable bonds is 3. The van der Waals surface area contributed by atoms with Crippen molar-refractivity contribution in [2.24, 2.45) is 4.99 Å². The van der Waals surface area contributed by atoms with Crippen LogP contribution in [0.15, 0.2) is 16.6 Å². The Kier molecular flexibility index (Phi) is 4.66. The standard InChI is InChI=1S/C8H11F4N/c1-3-13-5-7(4-6(2)9)8(10,11)12/h4-6H,3H2,1-2H3/b7-4+,13-5?. The topological polar surface area (TPSA) is 12.4 Å². The van der Waals surface area contributed by atoms with Crippen LogP contribution < -0.4 is 0 Å². The Hall–Kier alpha value is -0.870. The molecule has 0 aromatic heterocycles. The highest BCUT2D eigenvalue weighted by atomic mass is 19.4. The van der Waals surface area contributed by atoms with Gasteiger partial charge in [-0.2, -0.15) is 13.2 Å². The summed E-state index contributed by atoms with van der Waals surface area (Å²) in [6.45, 7) is 2.88. The van der Waals surface area contributed by atoms with Crippen molar-refractivity contribution in [1.29, 1.82) is 0 Å². The largest absolute Gasteiger partial charge is 0.417 e. The minimum atomic E-state index is -4.53. The summed E-state index contributed by atoms with van der Waals surface area (Å²) in [7, 11) is 0. The molecule has 0 saturated heterocycles. The first-order valence-corrected chi connectivity index (χ1v) is 3.80. The van der Waals surface area contributed by atoms with Crippen molar-refractivity contribution in [1.82, 2.24) is 0 Å². The molecule has 0 saturated carbocycles. The van der Waals surface area contributed by atoms with Gasteiger partial charge in [0.05, 0.1) is 5.57 Å². The Morgan fingerprint density at radius 1 is 1.46 bits per heavy atom. The van der Waals surface area contributed by atoms with Crippen molar-refractivity contribution in [2.45, 2.75) is 26.2 Å². The van der Waals surface area contributed by atoms with E-state index in [-0.39, 0.29) is 6.54 Å². The average Bonchev–Trinajstić information content (AvgIpc) is 1.95. The molecular weight excluding hydrogens is 186 g/mol. The van der Waals surface area contributed by atoms with Gasteiger partial charge < -0.3 is 0 Å². The maximum atomic E-state index is 12.3. The summed E-state index contributed by atoms with van der Waals surface area (Å²) < 4.78 is 48.5. The zero-order valence-corrected chi connectivity index (χ0v) is 7.40. The summed E-state index contributed by atoms with van der Waals surface area (Å²) in [4.78, 5) is 3.41. The summed E-state index contributed by atoms with van der Waals surface area (Å²) in [6, 6.07) is 0. The fourth-order valence-electron chi connectivity index (χ4n) is 0.648. The summed E-state index contributed by atoms with van der Waals surface area (Å²) in [6.07, 6.45) is -5.01. The van der Waals surface area contributed by atoms with Crippen molar-refractivity contribution in [3.05, 3.63) is 11.6 Å². The minimum Gasteiger partial charge on any atom is -0.293 e. The van der Waals surface area contributed by atoms with Gasteiger partial charge in [-0.15, -0.1) is 0 Å². The molecule has 76 valence electrons. The second kappa shape index (κ2) is 4.99. The van der Waals surface area contributed by atoms with Gasteiger partial charge in [-0.25, -0.2) is 4.39 Å². The van der Waals surface area contributed by atoms with Gasteiger partial charge in [-0.05, 0) is 19.9 Å². The second-order valence-electron chi connectivity index (χ2n) is 2.43. The molecule has 0 aliphatic rings. The van der Waals surface area contributed by atoms with E-state index < -0.39 is 17.9 Å². The van der Waals surface area contributed by atoms with E-state index in [0.717, 1.165) is 6.92 Å². The van der Waals surface area contributed by atoms with Crippen LogP contribution in [0.2, 0.25) is 0 Å². The van der Waals surface area contributed by atoms with Gasteiger partial charge >= 0.3 is 6.18 Å². The molecule has 0 rings (SSSR count). The number of aliphatic imine (C=N–C) groups is 1. The van der Waals surface area contributed by atoms with Gasteiger partial charge in [0, 0.05) is 12.8 Å². The number of hydrogen-bond donors (Lipinski definition) is 0. The first-order valence-electron chi connectivity index (χ1n) is 3.80. The summed E-state index contributed by atoms with van der Waals surface area (Å²) in [5.41, 5.74) is -1.04. The fraction of sp³-hybridized carbons (Fsp3) is 0.625. The molecule has 1 atom stereocenters. The quantitative estimate of drug-likeness (QED) is 0.487. The summed E-state index contributed by atoms with van der Waals surface area (Å²) >= 11 is 0. The molecule has 0 amide bonds. The van der Waals surface area contributed by atoms with Crippen LogP contribution in [0.5, 0.6) is 0 Å². The zero-order chi connectivity index (χ0) is 10.5. The highest BCUT2D eigenvalue weighted by molar-refractivity contribution is 5.80. The van der Waals surface area contributed by atoms with Crippen LogP contribution in [0.1, 0.15) is 13.8 Å². The van der Waals surface area contributed by atoms with Crippen LogP contribution in [0, 0.1) is 0 Å². The molecule has 0 spiro atoms. The van der Waals surface area contributed by atoms with E-state index in [4.69, 9.17) is 0 Å². The molecule has 0 fully saturated rings. The van der Waals surface area contributed by atoms with Gasteiger partial charge in [0.2, 0.25) is 0 Å². The molecule has 1 nitrogen and oxygen atoms in total. The number of halogens is 4. The van der Waals surface area contributed by atoms with Gasteiger partial charge in [-0.3, -0.25) is 4.99 Å². The lowest BCUT2D eigenvalue weighted by Gasteiger charge is -2.07. The molecule has 0 aromatic rings. The zero-order valence-electron chi connectivity index (χ0n) is 7.40. The third-order valence-electron chi connectivity index (χ3n) is 1.15. The van der Waals surface area contributed by atoms with Crippen LogP contribution in [0.25, 0.3) is 0 Å². The predicted octanol–water partition coefficient (Wildman–Crippen LogP) is 2.92. The Morgan fingerprint density at radius 3 is 2.31 bits per heavy atom. The molecule has 0 aliphatic heterocycles. The number of hydrogen-bond acceptors (Lipinski definition) is 1. The van der Waals surface area contributed by atoms with Crippen LogP contribution >= 0.6 is 0 Å². The third-order valence-corrected chi connectivity index (χ3v) is 1.15. The average molecular weight is 197 g/mol. The normalized spacial score (nSPS) is 16.6. The second-order valence-corrected chi connectivity index (χ2v) is 2.43. The van der Waals surface area contributed by atoms with E-state index in [2.05, 4.69) is 4.99 Å². The lowest BCUT2D eigenvalue weighted by atomic mass is 10.2. The summed E-state index contributed by atoms with van der Waals surface area (Å²) in [5, 5.41) is 0. The molecule has 0 aliphatic carbocycles. The van der Waals surface area contributed by atoms with E-state index in [1.54, 1.807) is 6.92 Å². The molecule has 0 aromatic carbocycles. The van der Waals surface area contributed by atoms with E-state index in [9.17, 15) is 17.6 Å². The maximum Gasteiger partial charge on any atom is 0.417 e. The number of alkyl halides is 4. The Labute approximate surface area is 74.2 Å². The molecule has 0 N–H and O–H groups in total. The lowest BCUT2D eigenvalue weighted by molar-refractivity contribution is -0.0861. The number of allylic oxidation sites excluding steroid dienone is 2. The fourth-order valence-corrected chi connectivity index (χ4v) is 0.648. The molecule has 1 unspecified atom stereocenters. The van der Waals surface area contributed by atoms with Crippen molar-refractivity contribution in [3.8, 4) is 0 Å². The van der Waals surface area contributed by atoms with Crippen molar-refractivity contribution in [3.63, 3.8) is 0 Å². The van der Waals surface area contributed by atoms with E-state index in [0.29, 0.717) is 12.3 Å². The molecule has 0 radical (unpaired) electrons. The monoisotopic (exact) mass is 197 g/mol. The van der Waals surface area contributed by atoms with Gasteiger partial charge in [0.1, 0.15) is 6.17 Å². The molecule has 0 bridgehead atoms. The van der Waals surface area contributed by atoms with Gasteiger partial charge in [-0.1, -0.05) is 0 Å². The van der Waals surface area contributed by atoms with Crippen molar-refractivity contribution < 1.29 is 17.6 Å². The van der Waals surface area contributed by atoms with E-state index >= 15 is 0 Å². The van der Waals surface area contributed by atoms with Crippen LogP contribution in [-0.2, 0) is 0 Å². The summed E-state index contributed by atoms with van der Waals surface area (Å²) in [5.74, 6) is 0. The molecular formula is C8H11F4N. The van der Waals surface area contributed by atoms with Gasteiger partial charge in [0.25, 0.3) is 0 Å². The van der Waals surface area contributed by atoms with Crippen LogP contribution in [0.3, 0.4) is 0 Å². The molecule has 5 heteroatoms. The molecule has 0 heterocycles. The van der Waals surface area contributed by atoms with Gasteiger partial charge in [0.15, 0.2) is 0 Å². The van der Waals surface area contributed by atoms with Crippen LogP contribution in [-0.4, -0.2) is 25.1 Å². The van der Waals surface area contributed by atoms with E-state index in [1.807, 2.05) is 0 Å². The Morgan fingerprint density at radius 2 is 2.00 bits per heavy atom. The number of nitrogens with zero attached hydrogens (tertiary/aromatic N) is 1. The minimum absolute atomic E-state index is 0.244. The smallest absolute Gasteiger partial charge is 0.293 e. The highest BCUT2D eigenvalue weighted by Gasteiger charge is 2.32. The van der Waals surface area contributed by atoms with Crippen LogP contribution in [0.4, 0.5) is 17.6 Å². The molecule has 13 heavy (non-hydrogen) atoms. The third kappa shape index (κ3) is 5.38. The SMILES string of the molecule is CCN=C/C(=C\C(C)F)C(F)(F)F. The Bertz CT molecular complexity index is 203. The maximum absolute atomic E-state index is 12.3. The first-order chi connectivity index (χ1) is 5.88. The van der Waals surface area contributed by atoms with E-state index in [1.165, 1.54) is 0 Å². The lowest BCUT2D eigenvalue weighted by Crippen LogP contribution is -2.14. The first kappa shape index (κ1) is 12.1. The van der Waals surface area contributed by atoms with Crippen molar-refractivity contribution in [2.75, 3.05) is 6.54 Å². The predicted molar refractivity (Wildman–Crippen MR) is 43.7 cm³/mol.